The van der Waals surface area contributed by atoms with Gasteiger partial charge in [-0.3, -0.25) is 9.59 Å². The smallest absolute Gasteiger partial charge is 0.341 e. The third-order valence-electron chi connectivity index (χ3n) is 5.16. The predicted molar refractivity (Wildman–Crippen MR) is 130 cm³/mol. The zero-order valence-electron chi connectivity index (χ0n) is 19.4. The molecule has 1 aromatic heterocycles. The molecule has 3 rings (SSSR count). The molecule has 2 aromatic carbocycles. The Bertz CT molecular complexity index is 1240. The van der Waals surface area contributed by atoms with Gasteiger partial charge in [0.15, 0.2) is 12.4 Å². The number of rotatable bonds is 8. The van der Waals surface area contributed by atoms with E-state index in [2.05, 4.69) is 5.32 Å². The second-order valence-corrected chi connectivity index (χ2v) is 8.80. The molecular weight excluding hydrogens is 454 g/mol. The van der Waals surface area contributed by atoms with E-state index in [0.29, 0.717) is 10.6 Å². The molecule has 0 atom stereocenters. The average Bonchev–Trinajstić information content (AvgIpc) is 3.10. The Morgan fingerprint density at radius 3 is 2.15 bits per heavy atom. The fourth-order valence-electron chi connectivity index (χ4n) is 3.26. The van der Waals surface area contributed by atoms with Crippen LogP contribution in [0.5, 0.6) is 0 Å². The number of thiophene rings is 1. The van der Waals surface area contributed by atoms with Gasteiger partial charge in [-0.15, -0.1) is 11.3 Å². The first-order valence-electron chi connectivity index (χ1n) is 10.7. The maximum atomic E-state index is 12.9. The highest BCUT2D eigenvalue weighted by Gasteiger charge is 2.23. The first kappa shape index (κ1) is 24.9. The minimum Gasteiger partial charge on any atom is -0.462 e. The monoisotopic (exact) mass is 479 g/mol. The van der Waals surface area contributed by atoms with E-state index in [0.717, 1.165) is 16.0 Å². The SMILES string of the molecule is CCOC(=O)c1c(NC(=O)COC(=O)c2ccccc2C(=O)c2ccc(C)cc2)sc(C)c1C. The molecule has 1 amide bonds. The van der Waals surface area contributed by atoms with Crippen LogP contribution in [-0.4, -0.2) is 36.8 Å². The van der Waals surface area contributed by atoms with E-state index in [1.54, 1.807) is 44.2 Å². The lowest BCUT2D eigenvalue weighted by molar-refractivity contribution is -0.119. The Morgan fingerprint density at radius 2 is 1.50 bits per heavy atom. The van der Waals surface area contributed by atoms with Gasteiger partial charge in [-0.05, 0) is 39.3 Å². The third kappa shape index (κ3) is 5.58. The number of esters is 2. The van der Waals surface area contributed by atoms with Gasteiger partial charge in [0.25, 0.3) is 5.91 Å². The van der Waals surface area contributed by atoms with E-state index in [-0.39, 0.29) is 29.1 Å². The van der Waals surface area contributed by atoms with Crippen LogP contribution < -0.4 is 5.32 Å². The molecule has 0 radical (unpaired) electrons. The molecule has 1 heterocycles. The van der Waals surface area contributed by atoms with Gasteiger partial charge in [-0.1, -0.05) is 48.0 Å². The Balaban J connectivity index is 1.71. The standard InChI is InChI=1S/C26H25NO6S/c1-5-32-26(31)22-16(3)17(4)34-24(22)27-21(28)14-33-25(30)20-9-7-6-8-19(20)23(29)18-12-10-15(2)11-13-18/h6-13H,5,14H2,1-4H3,(H,27,28). The summed E-state index contributed by atoms with van der Waals surface area (Å²) < 4.78 is 10.3. The van der Waals surface area contributed by atoms with Crippen molar-refractivity contribution in [1.82, 2.24) is 0 Å². The van der Waals surface area contributed by atoms with Gasteiger partial charge in [0.1, 0.15) is 5.00 Å². The van der Waals surface area contributed by atoms with Crippen molar-refractivity contribution in [3.8, 4) is 0 Å². The lowest BCUT2D eigenvalue weighted by atomic mass is 9.98. The van der Waals surface area contributed by atoms with E-state index in [4.69, 9.17) is 9.47 Å². The van der Waals surface area contributed by atoms with Crippen LogP contribution >= 0.6 is 11.3 Å². The number of amides is 1. The first-order chi connectivity index (χ1) is 16.2. The van der Waals surface area contributed by atoms with Crippen molar-refractivity contribution < 1.29 is 28.7 Å². The first-order valence-corrected chi connectivity index (χ1v) is 11.5. The Labute approximate surface area is 201 Å². The van der Waals surface area contributed by atoms with Crippen molar-refractivity contribution in [2.24, 2.45) is 0 Å². The molecule has 0 saturated heterocycles. The van der Waals surface area contributed by atoms with Crippen molar-refractivity contribution in [3.63, 3.8) is 0 Å². The van der Waals surface area contributed by atoms with E-state index >= 15 is 0 Å². The molecule has 0 spiro atoms. The number of carbonyl (C=O) groups is 4. The molecule has 8 heteroatoms. The van der Waals surface area contributed by atoms with Crippen LogP contribution in [0.15, 0.2) is 48.5 Å². The number of nitrogens with one attached hydrogen (secondary N) is 1. The molecule has 3 aromatic rings. The number of benzene rings is 2. The number of ether oxygens (including phenoxy) is 2. The normalized spacial score (nSPS) is 10.5. The molecule has 0 aliphatic heterocycles. The molecule has 1 N–H and O–H groups in total. The Kier molecular flexibility index (Phi) is 7.96. The van der Waals surface area contributed by atoms with Gasteiger partial charge in [0.2, 0.25) is 0 Å². The summed E-state index contributed by atoms with van der Waals surface area (Å²) in [6, 6.07) is 13.3. The molecule has 0 bridgehead atoms. The molecule has 34 heavy (non-hydrogen) atoms. The second-order valence-electron chi connectivity index (χ2n) is 7.57. The molecule has 0 fully saturated rings. The highest BCUT2D eigenvalue weighted by atomic mass is 32.1. The van der Waals surface area contributed by atoms with Crippen LogP contribution in [0, 0.1) is 20.8 Å². The fourth-order valence-corrected chi connectivity index (χ4v) is 4.32. The zero-order valence-corrected chi connectivity index (χ0v) is 20.2. The summed E-state index contributed by atoms with van der Waals surface area (Å²) in [5, 5.41) is 2.96. The Hall–Kier alpha value is -3.78. The minimum absolute atomic E-state index is 0.0656. The van der Waals surface area contributed by atoms with Gasteiger partial charge >= 0.3 is 11.9 Å². The molecular formula is C26H25NO6S. The summed E-state index contributed by atoms with van der Waals surface area (Å²) in [5.74, 6) is -2.25. The summed E-state index contributed by atoms with van der Waals surface area (Å²) in [6.07, 6.45) is 0. The number of ketones is 1. The largest absolute Gasteiger partial charge is 0.462 e. The zero-order chi connectivity index (χ0) is 24.8. The third-order valence-corrected chi connectivity index (χ3v) is 6.28. The summed E-state index contributed by atoms with van der Waals surface area (Å²) in [7, 11) is 0. The number of aryl methyl sites for hydroxylation is 2. The topological polar surface area (TPSA) is 98.8 Å². The maximum Gasteiger partial charge on any atom is 0.341 e. The quantitative estimate of drug-likeness (QED) is 0.365. The average molecular weight is 480 g/mol. The van der Waals surface area contributed by atoms with Crippen LogP contribution in [0.25, 0.3) is 0 Å². The number of anilines is 1. The molecule has 7 nitrogen and oxygen atoms in total. The second kappa shape index (κ2) is 10.9. The molecule has 0 saturated carbocycles. The van der Waals surface area contributed by atoms with Gasteiger partial charge < -0.3 is 14.8 Å². The molecule has 0 unspecified atom stereocenters. The summed E-state index contributed by atoms with van der Waals surface area (Å²) in [6.45, 7) is 6.85. The Morgan fingerprint density at radius 1 is 0.853 bits per heavy atom. The van der Waals surface area contributed by atoms with Gasteiger partial charge in [-0.2, -0.15) is 0 Å². The highest BCUT2D eigenvalue weighted by Crippen LogP contribution is 2.33. The number of carbonyl (C=O) groups excluding carboxylic acids is 4. The maximum absolute atomic E-state index is 12.9. The summed E-state index contributed by atoms with van der Waals surface area (Å²) in [4.78, 5) is 51.2. The molecule has 176 valence electrons. The molecule has 0 aliphatic carbocycles. The lowest BCUT2D eigenvalue weighted by Crippen LogP contribution is -2.22. The van der Waals surface area contributed by atoms with Crippen molar-refractivity contribution >= 4 is 40.0 Å². The van der Waals surface area contributed by atoms with Crippen molar-refractivity contribution in [1.29, 1.82) is 0 Å². The minimum atomic E-state index is -0.796. The fraction of sp³-hybridized carbons (Fsp3) is 0.231. The van der Waals surface area contributed by atoms with Crippen molar-refractivity contribution in [3.05, 3.63) is 86.8 Å². The highest BCUT2D eigenvalue weighted by molar-refractivity contribution is 7.16. The van der Waals surface area contributed by atoms with E-state index in [1.165, 1.54) is 17.4 Å². The van der Waals surface area contributed by atoms with E-state index in [9.17, 15) is 19.2 Å². The van der Waals surface area contributed by atoms with Crippen LogP contribution in [0.4, 0.5) is 5.00 Å². The van der Waals surface area contributed by atoms with E-state index in [1.807, 2.05) is 26.0 Å². The van der Waals surface area contributed by atoms with Crippen molar-refractivity contribution in [2.45, 2.75) is 27.7 Å². The summed E-state index contributed by atoms with van der Waals surface area (Å²) >= 11 is 1.24. The van der Waals surface area contributed by atoms with Crippen LogP contribution in [0.3, 0.4) is 0 Å². The summed E-state index contributed by atoms with van der Waals surface area (Å²) in [5.41, 5.74) is 2.72. The predicted octanol–water partition coefficient (Wildman–Crippen LogP) is 4.88. The van der Waals surface area contributed by atoms with Crippen LogP contribution in [0.2, 0.25) is 0 Å². The van der Waals surface area contributed by atoms with Crippen molar-refractivity contribution in [2.75, 3.05) is 18.5 Å². The van der Waals surface area contributed by atoms with Crippen LogP contribution in [-0.2, 0) is 14.3 Å². The van der Waals surface area contributed by atoms with Gasteiger partial charge in [0, 0.05) is 16.0 Å². The number of hydrogen-bond donors (Lipinski definition) is 1. The lowest BCUT2D eigenvalue weighted by Gasteiger charge is -2.10. The molecule has 0 aliphatic rings. The van der Waals surface area contributed by atoms with Gasteiger partial charge in [0.05, 0.1) is 17.7 Å². The number of hydrogen-bond acceptors (Lipinski definition) is 7. The van der Waals surface area contributed by atoms with Gasteiger partial charge in [-0.25, -0.2) is 9.59 Å². The van der Waals surface area contributed by atoms with Crippen LogP contribution in [0.1, 0.15) is 59.6 Å². The van der Waals surface area contributed by atoms with E-state index < -0.39 is 24.5 Å².